The second-order valence-corrected chi connectivity index (χ2v) is 5.30. The van der Waals surface area contributed by atoms with Gasteiger partial charge in [0.25, 0.3) is 0 Å². The van der Waals surface area contributed by atoms with Crippen molar-refractivity contribution >= 4 is 6.09 Å². The Hall–Kier alpha value is -1.21. The molecule has 0 aromatic rings. The van der Waals surface area contributed by atoms with E-state index < -0.39 is 11.7 Å². The van der Waals surface area contributed by atoms with Crippen molar-refractivity contribution in [3.05, 3.63) is 0 Å². The van der Waals surface area contributed by atoms with Crippen LogP contribution in [0.2, 0.25) is 0 Å². The van der Waals surface area contributed by atoms with E-state index in [4.69, 9.17) is 9.84 Å². The fourth-order valence-corrected chi connectivity index (χ4v) is 1.67. The van der Waals surface area contributed by atoms with Gasteiger partial charge in [0.15, 0.2) is 0 Å². The lowest BCUT2D eigenvalue weighted by Gasteiger charge is -2.26. The molecule has 0 radical (unpaired) electrons. The SMILES string of the molecule is CC(O)C#C[C@H]1CCCN1C(=O)OC(C)(C)C. The highest BCUT2D eigenvalue weighted by Gasteiger charge is 2.30. The maximum atomic E-state index is 11.9. The molecule has 0 aromatic carbocycles. The molecule has 4 nitrogen and oxygen atoms in total. The summed E-state index contributed by atoms with van der Waals surface area (Å²) < 4.78 is 5.32. The molecule has 2 atom stereocenters. The number of carbonyl (C=O) groups is 1. The number of carbonyl (C=O) groups excluding carboxylic acids is 1. The third kappa shape index (κ3) is 4.66. The molecule has 1 fully saturated rings. The number of nitrogens with zero attached hydrogens (tertiary/aromatic N) is 1. The molecule has 1 N–H and O–H groups in total. The Morgan fingerprint density at radius 2 is 2.18 bits per heavy atom. The summed E-state index contributed by atoms with van der Waals surface area (Å²) in [6.45, 7) is 7.82. The van der Waals surface area contributed by atoms with Crippen LogP contribution in [0.1, 0.15) is 40.5 Å². The molecule has 96 valence electrons. The lowest BCUT2D eigenvalue weighted by molar-refractivity contribution is 0.0260. The average Bonchev–Trinajstić information content (AvgIpc) is 2.59. The van der Waals surface area contributed by atoms with Crippen LogP contribution in [-0.4, -0.2) is 40.4 Å². The van der Waals surface area contributed by atoms with Crippen LogP contribution in [0.3, 0.4) is 0 Å². The fraction of sp³-hybridized carbons (Fsp3) is 0.769. The predicted octanol–water partition coefficient (Wildman–Crippen LogP) is 1.77. The number of hydrogen-bond donors (Lipinski definition) is 1. The van der Waals surface area contributed by atoms with Crippen molar-refractivity contribution in [3.8, 4) is 11.8 Å². The quantitative estimate of drug-likeness (QED) is 0.655. The number of hydrogen-bond acceptors (Lipinski definition) is 3. The Morgan fingerprint density at radius 1 is 1.53 bits per heavy atom. The fourth-order valence-electron chi connectivity index (χ4n) is 1.67. The number of aliphatic hydroxyl groups is 1. The highest BCUT2D eigenvalue weighted by atomic mass is 16.6. The van der Waals surface area contributed by atoms with Crippen LogP contribution in [-0.2, 0) is 4.74 Å². The lowest BCUT2D eigenvalue weighted by atomic mass is 10.2. The van der Waals surface area contributed by atoms with Gasteiger partial charge in [-0.3, -0.25) is 4.90 Å². The van der Waals surface area contributed by atoms with Crippen molar-refractivity contribution in [2.45, 2.75) is 58.3 Å². The van der Waals surface area contributed by atoms with E-state index in [1.807, 2.05) is 20.8 Å². The van der Waals surface area contributed by atoms with E-state index in [1.54, 1.807) is 11.8 Å². The average molecular weight is 239 g/mol. The monoisotopic (exact) mass is 239 g/mol. The van der Waals surface area contributed by atoms with E-state index in [0.717, 1.165) is 12.8 Å². The number of likely N-dealkylation sites (tertiary alicyclic amines) is 1. The Bertz CT molecular complexity index is 333. The van der Waals surface area contributed by atoms with Gasteiger partial charge in [-0.15, -0.1) is 0 Å². The summed E-state index contributed by atoms with van der Waals surface area (Å²) in [7, 11) is 0. The van der Waals surface area contributed by atoms with Gasteiger partial charge in [-0.1, -0.05) is 11.8 Å². The molecular formula is C13H21NO3. The molecule has 0 bridgehead atoms. The molecule has 1 heterocycles. The summed E-state index contributed by atoms with van der Waals surface area (Å²) in [6.07, 6.45) is 0.799. The summed E-state index contributed by atoms with van der Waals surface area (Å²) in [5.74, 6) is 5.61. The minimum absolute atomic E-state index is 0.126. The van der Waals surface area contributed by atoms with Crippen molar-refractivity contribution in [3.63, 3.8) is 0 Å². The second-order valence-electron chi connectivity index (χ2n) is 5.30. The third-order valence-corrected chi connectivity index (χ3v) is 2.34. The van der Waals surface area contributed by atoms with E-state index in [9.17, 15) is 4.79 Å². The smallest absolute Gasteiger partial charge is 0.411 e. The molecule has 1 aliphatic heterocycles. The third-order valence-electron chi connectivity index (χ3n) is 2.34. The topological polar surface area (TPSA) is 49.8 Å². The highest BCUT2D eigenvalue weighted by molar-refractivity contribution is 5.69. The van der Waals surface area contributed by atoms with Gasteiger partial charge in [0.2, 0.25) is 0 Å². The van der Waals surface area contributed by atoms with Crippen LogP contribution in [0, 0.1) is 11.8 Å². The van der Waals surface area contributed by atoms with Crippen LogP contribution >= 0.6 is 0 Å². The van der Waals surface area contributed by atoms with Crippen molar-refractivity contribution in [2.24, 2.45) is 0 Å². The standard InChI is InChI=1S/C13H21NO3/c1-10(15)7-8-11-6-5-9-14(11)12(16)17-13(2,3)4/h10-11,15H,5-6,9H2,1-4H3/t10?,11-/m1/s1. The number of ether oxygens (including phenoxy) is 1. The van der Waals surface area contributed by atoms with E-state index >= 15 is 0 Å². The molecule has 1 aliphatic rings. The molecule has 0 spiro atoms. The van der Waals surface area contributed by atoms with Crippen LogP contribution in [0.4, 0.5) is 4.79 Å². The zero-order valence-corrected chi connectivity index (χ0v) is 11.0. The molecule has 1 amide bonds. The first kappa shape index (κ1) is 13.9. The zero-order chi connectivity index (χ0) is 13.1. The van der Waals surface area contributed by atoms with Gasteiger partial charge in [0.05, 0.1) is 6.04 Å². The van der Waals surface area contributed by atoms with Crippen molar-refractivity contribution in [1.82, 2.24) is 4.90 Å². The first-order valence-corrected chi connectivity index (χ1v) is 5.98. The number of aliphatic hydroxyl groups excluding tert-OH is 1. The molecular weight excluding hydrogens is 218 g/mol. The minimum atomic E-state index is -0.656. The van der Waals surface area contributed by atoms with E-state index in [0.29, 0.717) is 6.54 Å². The Balaban J connectivity index is 2.64. The number of amides is 1. The molecule has 1 unspecified atom stereocenters. The highest BCUT2D eigenvalue weighted by Crippen LogP contribution is 2.20. The van der Waals surface area contributed by atoms with Gasteiger partial charge < -0.3 is 9.84 Å². The van der Waals surface area contributed by atoms with Crippen molar-refractivity contribution in [2.75, 3.05) is 6.54 Å². The van der Waals surface area contributed by atoms with Gasteiger partial charge >= 0.3 is 6.09 Å². The lowest BCUT2D eigenvalue weighted by Crippen LogP contribution is -2.39. The summed E-state index contributed by atoms with van der Waals surface area (Å²) >= 11 is 0. The molecule has 0 aliphatic carbocycles. The molecule has 0 aromatic heterocycles. The van der Waals surface area contributed by atoms with E-state index in [2.05, 4.69) is 11.8 Å². The first-order valence-electron chi connectivity index (χ1n) is 5.98. The Morgan fingerprint density at radius 3 is 2.71 bits per heavy atom. The van der Waals surface area contributed by atoms with E-state index in [1.165, 1.54) is 0 Å². The summed E-state index contributed by atoms with van der Waals surface area (Å²) in [6, 6.07) is -0.126. The molecule has 0 saturated carbocycles. The first-order chi connectivity index (χ1) is 7.79. The van der Waals surface area contributed by atoms with E-state index in [-0.39, 0.29) is 12.1 Å². The molecule has 1 rings (SSSR count). The van der Waals surface area contributed by atoms with Gasteiger partial charge in [-0.05, 0) is 40.5 Å². The van der Waals surface area contributed by atoms with Crippen LogP contribution in [0.25, 0.3) is 0 Å². The van der Waals surface area contributed by atoms with Gasteiger partial charge in [0, 0.05) is 6.54 Å². The maximum Gasteiger partial charge on any atom is 0.411 e. The largest absolute Gasteiger partial charge is 0.444 e. The Labute approximate surface area is 103 Å². The van der Waals surface area contributed by atoms with Crippen LogP contribution in [0.5, 0.6) is 0 Å². The molecule has 17 heavy (non-hydrogen) atoms. The second kappa shape index (κ2) is 5.42. The Kier molecular flexibility index (Phi) is 4.41. The van der Waals surface area contributed by atoms with Gasteiger partial charge in [0.1, 0.15) is 11.7 Å². The molecule has 4 heteroatoms. The van der Waals surface area contributed by atoms with Crippen LogP contribution in [0.15, 0.2) is 0 Å². The van der Waals surface area contributed by atoms with Crippen LogP contribution < -0.4 is 0 Å². The summed E-state index contributed by atoms with van der Waals surface area (Å²) in [4.78, 5) is 13.5. The predicted molar refractivity (Wildman–Crippen MR) is 65.4 cm³/mol. The minimum Gasteiger partial charge on any atom is -0.444 e. The maximum absolute atomic E-state index is 11.9. The summed E-state index contributed by atoms with van der Waals surface area (Å²) in [5, 5.41) is 9.12. The summed E-state index contributed by atoms with van der Waals surface area (Å²) in [5.41, 5.74) is -0.484. The van der Waals surface area contributed by atoms with Gasteiger partial charge in [-0.25, -0.2) is 4.79 Å². The van der Waals surface area contributed by atoms with Gasteiger partial charge in [-0.2, -0.15) is 0 Å². The number of rotatable bonds is 0. The van der Waals surface area contributed by atoms with Crippen molar-refractivity contribution in [1.29, 1.82) is 0 Å². The zero-order valence-electron chi connectivity index (χ0n) is 11.0. The van der Waals surface area contributed by atoms with Crippen molar-refractivity contribution < 1.29 is 14.6 Å². The molecule has 1 saturated heterocycles. The normalized spacial score (nSPS) is 21.7.